The first-order valence-electron chi connectivity index (χ1n) is 9.97. The molecule has 1 aliphatic rings. The zero-order valence-electron chi connectivity index (χ0n) is 17.1. The molecule has 0 bridgehead atoms. The number of ether oxygens (including phenoxy) is 1. The lowest BCUT2D eigenvalue weighted by molar-refractivity contribution is 0.0342. The lowest BCUT2D eigenvalue weighted by Gasteiger charge is -2.26. The third-order valence-electron chi connectivity index (χ3n) is 4.75. The molecule has 154 valence electrons. The number of nitrogens with two attached hydrogens (primary N) is 1. The first kappa shape index (κ1) is 24.2. The summed E-state index contributed by atoms with van der Waals surface area (Å²) in [6.07, 6.45) is 3.62. The van der Waals surface area contributed by atoms with E-state index >= 15 is 0 Å². The van der Waals surface area contributed by atoms with Gasteiger partial charge < -0.3 is 15.8 Å². The number of benzene rings is 1. The summed E-state index contributed by atoms with van der Waals surface area (Å²) in [4.78, 5) is 6.95. The maximum Gasteiger partial charge on any atom is 0.189 e. The summed E-state index contributed by atoms with van der Waals surface area (Å²) in [5, 5.41) is 3.31. The molecule has 0 amide bonds. The van der Waals surface area contributed by atoms with E-state index in [1.807, 2.05) is 0 Å². The fraction of sp³-hybridized carbons (Fsp3) is 0.667. The van der Waals surface area contributed by atoms with Crippen LogP contribution in [0.1, 0.15) is 51.2 Å². The van der Waals surface area contributed by atoms with Crippen LogP contribution in [0.25, 0.3) is 0 Å². The summed E-state index contributed by atoms with van der Waals surface area (Å²) < 4.78 is 5.41. The van der Waals surface area contributed by atoms with Crippen LogP contribution in [0.3, 0.4) is 0 Å². The average molecular weight is 488 g/mol. The number of halogens is 1. The maximum absolute atomic E-state index is 6.06. The Hall–Kier alpha value is -0.860. The molecule has 1 aliphatic heterocycles. The molecule has 0 saturated carbocycles. The van der Waals surface area contributed by atoms with Gasteiger partial charge in [-0.05, 0) is 30.4 Å². The monoisotopic (exact) mass is 488 g/mol. The van der Waals surface area contributed by atoms with Crippen molar-refractivity contribution in [3.05, 3.63) is 35.4 Å². The van der Waals surface area contributed by atoms with Gasteiger partial charge in [0.1, 0.15) is 0 Å². The molecule has 1 saturated heterocycles. The van der Waals surface area contributed by atoms with Crippen molar-refractivity contribution in [3.63, 3.8) is 0 Å². The first-order chi connectivity index (χ1) is 12.5. The van der Waals surface area contributed by atoms with Crippen LogP contribution in [0, 0.1) is 5.92 Å². The third kappa shape index (κ3) is 10.3. The first-order valence-corrected chi connectivity index (χ1v) is 9.97. The van der Waals surface area contributed by atoms with Crippen molar-refractivity contribution in [2.75, 3.05) is 26.3 Å². The van der Waals surface area contributed by atoms with E-state index in [1.165, 1.54) is 24.0 Å². The van der Waals surface area contributed by atoms with Gasteiger partial charge >= 0.3 is 0 Å². The third-order valence-corrected chi connectivity index (χ3v) is 4.75. The minimum Gasteiger partial charge on any atom is -0.379 e. The number of hydrogen-bond acceptors (Lipinski definition) is 3. The van der Waals surface area contributed by atoms with Gasteiger partial charge in [-0.1, -0.05) is 51.0 Å². The van der Waals surface area contributed by atoms with Crippen LogP contribution in [-0.2, 0) is 17.8 Å². The predicted octanol–water partition coefficient (Wildman–Crippen LogP) is 3.76. The van der Waals surface area contributed by atoms with Crippen LogP contribution < -0.4 is 11.1 Å². The Balaban J connectivity index is 0.00000364. The highest BCUT2D eigenvalue weighted by Gasteiger charge is 2.10. The van der Waals surface area contributed by atoms with E-state index in [2.05, 4.69) is 60.2 Å². The Morgan fingerprint density at radius 1 is 1.19 bits per heavy atom. The van der Waals surface area contributed by atoms with Gasteiger partial charge in [0.15, 0.2) is 5.96 Å². The molecular formula is C21H37IN4O. The van der Waals surface area contributed by atoms with Crippen molar-refractivity contribution in [1.29, 1.82) is 0 Å². The number of hydrogen-bond donors (Lipinski definition) is 2. The second-order valence-corrected chi connectivity index (χ2v) is 7.78. The second-order valence-electron chi connectivity index (χ2n) is 7.78. The van der Waals surface area contributed by atoms with Gasteiger partial charge in [-0.25, -0.2) is 4.99 Å². The topological polar surface area (TPSA) is 62.9 Å². The van der Waals surface area contributed by atoms with E-state index in [4.69, 9.17) is 10.5 Å². The van der Waals surface area contributed by atoms with Gasteiger partial charge in [0.25, 0.3) is 0 Å². The van der Waals surface area contributed by atoms with Crippen LogP contribution in [-0.4, -0.2) is 43.2 Å². The van der Waals surface area contributed by atoms with Crippen molar-refractivity contribution >= 4 is 29.9 Å². The molecule has 1 aromatic carbocycles. The molecule has 6 heteroatoms. The standard InChI is InChI=1S/C21H36N4O.HI/c1-17(2)6-4-7-18(3)24-21(22)23-15-19-8-5-9-20(14-19)16-25-10-12-26-13-11-25;/h5,8-9,14,17-18H,4,6-7,10-13,15-16H2,1-3H3,(H3,22,23,24);1H. The van der Waals surface area contributed by atoms with Crippen molar-refractivity contribution in [2.45, 2.75) is 59.2 Å². The minimum absolute atomic E-state index is 0. The molecule has 1 heterocycles. The summed E-state index contributed by atoms with van der Waals surface area (Å²) in [5.74, 6) is 1.30. The highest BCUT2D eigenvalue weighted by atomic mass is 127. The van der Waals surface area contributed by atoms with Gasteiger partial charge in [-0.2, -0.15) is 0 Å². The van der Waals surface area contributed by atoms with E-state index in [-0.39, 0.29) is 24.0 Å². The summed E-state index contributed by atoms with van der Waals surface area (Å²) in [6, 6.07) is 9.01. The lowest BCUT2D eigenvalue weighted by atomic mass is 10.0. The smallest absolute Gasteiger partial charge is 0.189 e. The Bertz CT molecular complexity index is 559. The summed E-state index contributed by atoms with van der Waals surface area (Å²) in [7, 11) is 0. The molecule has 1 aromatic rings. The Morgan fingerprint density at radius 3 is 2.59 bits per heavy atom. The number of aliphatic imine (C=N–C) groups is 1. The van der Waals surface area contributed by atoms with Gasteiger partial charge in [-0.3, -0.25) is 4.90 Å². The highest BCUT2D eigenvalue weighted by Crippen LogP contribution is 2.11. The summed E-state index contributed by atoms with van der Waals surface area (Å²) in [6.45, 7) is 12.0. The normalized spacial score (nSPS) is 16.8. The molecule has 1 atom stereocenters. The minimum atomic E-state index is 0. The number of morpholine rings is 1. The molecule has 3 N–H and O–H groups in total. The van der Waals surface area contributed by atoms with Gasteiger partial charge in [0.2, 0.25) is 0 Å². The summed E-state index contributed by atoms with van der Waals surface area (Å²) in [5.41, 5.74) is 8.59. The largest absolute Gasteiger partial charge is 0.379 e. The average Bonchev–Trinajstić information content (AvgIpc) is 2.61. The second kappa shape index (κ2) is 13.3. The van der Waals surface area contributed by atoms with Crippen molar-refractivity contribution in [1.82, 2.24) is 10.2 Å². The van der Waals surface area contributed by atoms with E-state index in [1.54, 1.807) is 0 Å². The van der Waals surface area contributed by atoms with Crippen molar-refractivity contribution in [3.8, 4) is 0 Å². The Labute approximate surface area is 182 Å². The zero-order valence-corrected chi connectivity index (χ0v) is 19.4. The van der Waals surface area contributed by atoms with E-state index < -0.39 is 0 Å². The Kier molecular flexibility index (Phi) is 11.9. The molecule has 27 heavy (non-hydrogen) atoms. The van der Waals surface area contributed by atoms with Crippen LogP contribution in [0.2, 0.25) is 0 Å². The molecule has 0 spiro atoms. The summed E-state index contributed by atoms with van der Waals surface area (Å²) >= 11 is 0. The Morgan fingerprint density at radius 2 is 1.89 bits per heavy atom. The molecule has 0 aromatic heterocycles. The van der Waals surface area contributed by atoms with Crippen molar-refractivity contribution in [2.24, 2.45) is 16.6 Å². The predicted molar refractivity (Wildman–Crippen MR) is 125 cm³/mol. The number of guanidine groups is 1. The fourth-order valence-electron chi connectivity index (χ4n) is 3.22. The van der Waals surface area contributed by atoms with Crippen LogP contribution in [0.5, 0.6) is 0 Å². The van der Waals surface area contributed by atoms with E-state index in [9.17, 15) is 0 Å². The molecule has 1 fully saturated rings. The van der Waals surface area contributed by atoms with Gasteiger partial charge in [0, 0.05) is 25.7 Å². The van der Waals surface area contributed by atoms with Crippen LogP contribution in [0.4, 0.5) is 0 Å². The maximum atomic E-state index is 6.06. The quantitative estimate of drug-likeness (QED) is 0.316. The zero-order chi connectivity index (χ0) is 18.8. The molecule has 0 aliphatic carbocycles. The van der Waals surface area contributed by atoms with E-state index in [0.29, 0.717) is 18.5 Å². The highest BCUT2D eigenvalue weighted by molar-refractivity contribution is 14.0. The number of nitrogens with zero attached hydrogens (tertiary/aromatic N) is 2. The molecule has 2 rings (SSSR count). The molecular weight excluding hydrogens is 451 g/mol. The fourth-order valence-corrected chi connectivity index (χ4v) is 3.22. The number of nitrogens with one attached hydrogen (secondary N) is 1. The van der Waals surface area contributed by atoms with Gasteiger partial charge in [-0.15, -0.1) is 24.0 Å². The molecule has 1 unspecified atom stereocenters. The lowest BCUT2D eigenvalue weighted by Crippen LogP contribution is -2.38. The van der Waals surface area contributed by atoms with Crippen LogP contribution in [0.15, 0.2) is 29.3 Å². The SMILES string of the molecule is CC(C)CCCC(C)NC(N)=NCc1cccc(CN2CCOCC2)c1.I. The van der Waals surface area contributed by atoms with E-state index in [0.717, 1.165) is 45.2 Å². The van der Waals surface area contributed by atoms with Crippen molar-refractivity contribution < 1.29 is 4.74 Å². The number of rotatable bonds is 9. The van der Waals surface area contributed by atoms with Crippen LogP contribution >= 0.6 is 24.0 Å². The molecule has 0 radical (unpaired) electrons. The van der Waals surface area contributed by atoms with Gasteiger partial charge in [0.05, 0.1) is 19.8 Å². The molecule has 5 nitrogen and oxygen atoms in total.